The Bertz CT molecular complexity index is 3260. The van der Waals surface area contributed by atoms with Crippen molar-refractivity contribution in [2.24, 2.45) is 5.92 Å². The van der Waals surface area contributed by atoms with Crippen molar-refractivity contribution < 1.29 is 8.83 Å². The normalized spacial score (nSPS) is 15.9. The molecule has 272 valence electrons. The van der Waals surface area contributed by atoms with Gasteiger partial charge in [0.1, 0.15) is 22.5 Å². The molecule has 0 saturated carbocycles. The van der Waals surface area contributed by atoms with Crippen molar-refractivity contribution in [3.05, 3.63) is 178 Å². The Labute approximate surface area is 330 Å². The summed E-state index contributed by atoms with van der Waals surface area (Å²) in [6.45, 7) is 0. The van der Waals surface area contributed by atoms with Crippen molar-refractivity contribution in [1.29, 1.82) is 0 Å². The van der Waals surface area contributed by atoms with E-state index in [-0.39, 0.29) is 0 Å². The van der Waals surface area contributed by atoms with E-state index in [0.29, 0.717) is 5.92 Å². The zero-order valence-corrected chi connectivity index (χ0v) is 31.4. The first-order valence-electron chi connectivity index (χ1n) is 20.2. The molecule has 0 amide bonds. The average Bonchev–Trinajstić information content (AvgIpc) is 3.95. The van der Waals surface area contributed by atoms with Gasteiger partial charge in [-0.25, -0.2) is 4.98 Å². The number of pyridine rings is 1. The van der Waals surface area contributed by atoms with Crippen LogP contribution in [-0.2, 0) is 12.8 Å². The van der Waals surface area contributed by atoms with E-state index in [1.807, 2.05) is 12.1 Å². The molecular formula is C53H38N2O2. The molecule has 4 heteroatoms. The first-order chi connectivity index (χ1) is 28.2. The number of fused-ring (bicyclic) bond motifs is 9. The number of hydrogen-bond donors (Lipinski definition) is 0. The zero-order chi connectivity index (χ0) is 37.5. The van der Waals surface area contributed by atoms with Crippen molar-refractivity contribution in [3.8, 4) is 39.3 Å². The second kappa shape index (κ2) is 12.8. The summed E-state index contributed by atoms with van der Waals surface area (Å²) in [5.74, 6) is 1.40. The van der Waals surface area contributed by atoms with E-state index in [0.717, 1.165) is 104 Å². The van der Waals surface area contributed by atoms with Gasteiger partial charge >= 0.3 is 0 Å². The monoisotopic (exact) mass is 734 g/mol. The average molecular weight is 735 g/mol. The lowest BCUT2D eigenvalue weighted by molar-refractivity contribution is 0.538. The van der Waals surface area contributed by atoms with Crippen LogP contribution in [0.3, 0.4) is 0 Å². The number of aromatic nitrogens is 2. The summed E-state index contributed by atoms with van der Waals surface area (Å²) >= 11 is 0. The molecule has 0 spiro atoms. The van der Waals surface area contributed by atoms with Crippen LogP contribution in [0, 0.1) is 5.92 Å². The first-order valence-corrected chi connectivity index (χ1v) is 20.2. The zero-order valence-electron chi connectivity index (χ0n) is 31.4. The van der Waals surface area contributed by atoms with Crippen LogP contribution >= 0.6 is 0 Å². The fourth-order valence-electron chi connectivity index (χ4n) is 9.63. The molecule has 4 nitrogen and oxygen atoms in total. The van der Waals surface area contributed by atoms with Gasteiger partial charge in [-0.2, -0.15) is 0 Å². The van der Waals surface area contributed by atoms with Crippen molar-refractivity contribution >= 4 is 57.2 Å². The third-order valence-corrected chi connectivity index (χ3v) is 12.3. The van der Waals surface area contributed by atoms with E-state index in [9.17, 15) is 0 Å². The molecule has 0 N–H and O–H groups in total. The second-order valence-electron chi connectivity index (χ2n) is 15.6. The summed E-state index contributed by atoms with van der Waals surface area (Å²) in [7, 11) is 0. The minimum Gasteiger partial charge on any atom is -0.460 e. The molecule has 0 aliphatic heterocycles. The third kappa shape index (κ3) is 5.24. The van der Waals surface area contributed by atoms with Crippen LogP contribution in [0.1, 0.15) is 41.8 Å². The van der Waals surface area contributed by atoms with Crippen LogP contribution in [0.4, 0.5) is 0 Å². The lowest BCUT2D eigenvalue weighted by atomic mass is 9.83. The van der Waals surface area contributed by atoms with Gasteiger partial charge in [0.25, 0.3) is 0 Å². The van der Waals surface area contributed by atoms with Gasteiger partial charge < -0.3 is 13.4 Å². The summed E-state index contributed by atoms with van der Waals surface area (Å²) in [6, 6.07) is 47.0. The number of hydrogen-bond acceptors (Lipinski definition) is 3. The molecule has 0 bridgehead atoms. The maximum atomic E-state index is 6.66. The molecule has 4 aromatic heterocycles. The largest absolute Gasteiger partial charge is 0.460 e. The van der Waals surface area contributed by atoms with Gasteiger partial charge in [0.2, 0.25) is 0 Å². The summed E-state index contributed by atoms with van der Waals surface area (Å²) in [5, 5.41) is 6.14. The number of para-hydroxylation sites is 2. The molecule has 3 aliphatic rings. The van der Waals surface area contributed by atoms with Crippen molar-refractivity contribution in [2.45, 2.75) is 32.1 Å². The van der Waals surface area contributed by atoms with Crippen LogP contribution in [0.25, 0.3) is 96.5 Å². The Balaban J connectivity index is 0.995. The van der Waals surface area contributed by atoms with Gasteiger partial charge in [0.15, 0.2) is 0 Å². The number of nitrogens with zero attached hydrogens (tertiary/aromatic N) is 2. The Morgan fingerprint density at radius 3 is 2.35 bits per heavy atom. The number of rotatable bonds is 5. The lowest BCUT2D eigenvalue weighted by Crippen LogP contribution is -2.34. The molecule has 3 aliphatic carbocycles. The molecule has 9 aromatic rings. The molecule has 0 saturated heterocycles. The van der Waals surface area contributed by atoms with E-state index in [1.165, 1.54) is 38.6 Å². The van der Waals surface area contributed by atoms with Crippen LogP contribution in [-0.4, -0.2) is 9.55 Å². The van der Waals surface area contributed by atoms with Crippen LogP contribution < -0.4 is 10.6 Å². The highest BCUT2D eigenvalue weighted by Crippen LogP contribution is 2.43. The molecule has 57 heavy (non-hydrogen) atoms. The molecule has 1 atom stereocenters. The first kappa shape index (κ1) is 32.3. The van der Waals surface area contributed by atoms with Gasteiger partial charge in [-0.1, -0.05) is 115 Å². The summed E-state index contributed by atoms with van der Waals surface area (Å²) < 4.78 is 15.5. The maximum absolute atomic E-state index is 6.66. The van der Waals surface area contributed by atoms with Gasteiger partial charge in [-0.05, 0) is 97.0 Å². The minimum atomic E-state index is 0.337. The second-order valence-corrected chi connectivity index (χ2v) is 15.6. The van der Waals surface area contributed by atoms with E-state index in [1.54, 1.807) is 0 Å². The Hall–Kier alpha value is -6.91. The standard InChI is InChI=1S/C53H38N2O2/c1-3-12-33(13-4-1)45-30-37(36-22-25-41-40-17-8-10-20-49(40)57-52(41)32-36)31-46(54-45)42-18-11-21-51-53(42)44-29-35(24-27-50(44)56-51)34-23-26-48-43(28-34)39-16-7-9-19-47(39)55(48)38-14-5-2-6-15-38/h1-6,8-15,17-22,25-26,28-32,34H,7,16,23-24,27H2. The van der Waals surface area contributed by atoms with Crippen LogP contribution in [0.2, 0.25) is 0 Å². The van der Waals surface area contributed by atoms with Gasteiger partial charge in [-0.3, -0.25) is 0 Å². The Morgan fingerprint density at radius 1 is 0.632 bits per heavy atom. The highest BCUT2D eigenvalue weighted by Gasteiger charge is 2.27. The van der Waals surface area contributed by atoms with E-state index < -0.39 is 0 Å². The number of allylic oxidation sites excluding steroid dienone is 2. The lowest BCUT2D eigenvalue weighted by Gasteiger charge is -2.21. The van der Waals surface area contributed by atoms with Crippen LogP contribution in [0.15, 0.2) is 154 Å². The fourth-order valence-corrected chi connectivity index (χ4v) is 9.63. The third-order valence-electron chi connectivity index (χ3n) is 12.3. The minimum absolute atomic E-state index is 0.337. The van der Waals surface area contributed by atoms with Crippen LogP contribution in [0.5, 0.6) is 0 Å². The van der Waals surface area contributed by atoms with E-state index >= 15 is 0 Å². The quantitative estimate of drug-likeness (QED) is 0.177. The van der Waals surface area contributed by atoms with Gasteiger partial charge in [-0.15, -0.1) is 0 Å². The number of furan rings is 2. The summed E-state index contributed by atoms with van der Waals surface area (Å²) in [5.41, 5.74) is 15.6. The SMILES string of the molecule is C1=Cc2c(c3c(n2-c2ccccc2)=CCC(C2=Cc4c(oc5cccc(-c6cc(-c7ccc8c(c7)oc7ccccc78)cc(-c7ccccc7)n6)c45)CC2)C=3)CC1. The highest BCUT2D eigenvalue weighted by molar-refractivity contribution is 6.06. The predicted octanol–water partition coefficient (Wildman–Crippen LogP) is 12.1. The molecular weight excluding hydrogens is 697 g/mol. The molecule has 0 radical (unpaired) electrons. The maximum Gasteiger partial charge on any atom is 0.136 e. The summed E-state index contributed by atoms with van der Waals surface area (Å²) in [6.07, 6.45) is 17.2. The summed E-state index contributed by atoms with van der Waals surface area (Å²) in [4.78, 5) is 5.37. The highest BCUT2D eigenvalue weighted by atomic mass is 16.3. The van der Waals surface area contributed by atoms with E-state index in [4.69, 9.17) is 13.8 Å². The van der Waals surface area contributed by atoms with Crippen molar-refractivity contribution in [2.75, 3.05) is 0 Å². The molecule has 1 unspecified atom stereocenters. The smallest absolute Gasteiger partial charge is 0.136 e. The topological polar surface area (TPSA) is 44.1 Å². The fraction of sp³-hybridized carbons (Fsp3) is 0.113. The van der Waals surface area contributed by atoms with Gasteiger partial charge in [0.05, 0.1) is 11.4 Å². The molecule has 5 aromatic carbocycles. The molecule has 12 rings (SSSR count). The van der Waals surface area contributed by atoms with Crippen molar-refractivity contribution in [3.63, 3.8) is 0 Å². The van der Waals surface area contributed by atoms with E-state index in [2.05, 4.69) is 156 Å². The van der Waals surface area contributed by atoms with Crippen molar-refractivity contribution in [1.82, 2.24) is 9.55 Å². The number of benzene rings is 5. The Kier molecular flexibility index (Phi) is 7.28. The predicted molar refractivity (Wildman–Crippen MR) is 233 cm³/mol. The number of aryl methyl sites for hydroxylation is 1. The Morgan fingerprint density at radius 2 is 1.44 bits per heavy atom. The molecule has 0 fully saturated rings. The van der Waals surface area contributed by atoms with Gasteiger partial charge in [0, 0.05) is 67.1 Å². The molecule has 4 heterocycles.